The van der Waals surface area contributed by atoms with Gasteiger partial charge in [-0.05, 0) is 59.5 Å². The van der Waals surface area contributed by atoms with Gasteiger partial charge in [0.2, 0.25) is 5.91 Å². The largest absolute Gasteiger partial charge is 0.338 e. The zero-order chi connectivity index (χ0) is 21.8. The monoisotopic (exact) mass is 418 g/mol. The number of amides is 2. The van der Waals surface area contributed by atoms with Gasteiger partial charge in [0.15, 0.2) is 0 Å². The lowest BCUT2D eigenvalue weighted by Gasteiger charge is -2.30. The number of carbonyl (C=O) groups excluding carboxylic acids is 2. The van der Waals surface area contributed by atoms with Crippen LogP contribution >= 0.6 is 0 Å². The molecule has 3 aromatic rings. The molecule has 6 nitrogen and oxygen atoms in total. The molecule has 0 aliphatic carbocycles. The van der Waals surface area contributed by atoms with Crippen molar-refractivity contribution in [3.05, 3.63) is 95.1 Å². The number of nitrogens with zero attached hydrogens (tertiary/aromatic N) is 2. The molecular formula is C24H23FN4O2. The molecule has 7 heteroatoms. The van der Waals surface area contributed by atoms with E-state index in [1.165, 1.54) is 12.1 Å². The average molecular weight is 418 g/mol. The maximum absolute atomic E-state index is 13.5. The summed E-state index contributed by atoms with van der Waals surface area (Å²) < 4.78 is 13.5. The third-order valence-corrected chi connectivity index (χ3v) is 5.47. The summed E-state index contributed by atoms with van der Waals surface area (Å²) in [7, 11) is 0. The number of fused-ring (bicyclic) bond motifs is 1. The van der Waals surface area contributed by atoms with Gasteiger partial charge in [-0.2, -0.15) is 0 Å². The minimum absolute atomic E-state index is 0.0677. The first-order valence-electron chi connectivity index (χ1n) is 10.1. The Hall–Kier alpha value is -3.58. The fraction of sp³-hybridized carbons (Fsp3) is 0.208. The lowest BCUT2D eigenvalue weighted by atomic mass is 9.98. The van der Waals surface area contributed by atoms with Crippen LogP contribution in [0.4, 0.5) is 10.1 Å². The molecule has 0 radical (unpaired) electrons. The second kappa shape index (κ2) is 9.06. The molecule has 31 heavy (non-hydrogen) atoms. The third kappa shape index (κ3) is 4.95. The number of halogens is 1. The Morgan fingerprint density at radius 3 is 2.55 bits per heavy atom. The van der Waals surface area contributed by atoms with Crippen LogP contribution in [0.2, 0.25) is 0 Å². The van der Waals surface area contributed by atoms with Crippen LogP contribution < -0.4 is 11.1 Å². The second-order valence-corrected chi connectivity index (χ2v) is 7.60. The van der Waals surface area contributed by atoms with Crippen molar-refractivity contribution >= 4 is 17.5 Å². The van der Waals surface area contributed by atoms with E-state index in [9.17, 15) is 14.0 Å². The highest BCUT2D eigenvalue weighted by molar-refractivity contribution is 6.04. The summed E-state index contributed by atoms with van der Waals surface area (Å²) in [4.78, 5) is 30.7. The van der Waals surface area contributed by atoms with E-state index in [1.54, 1.807) is 59.8 Å². The van der Waals surface area contributed by atoms with E-state index < -0.39 is 6.04 Å². The number of carbonyl (C=O) groups is 2. The number of pyridine rings is 1. The summed E-state index contributed by atoms with van der Waals surface area (Å²) in [6, 6.07) is 14.6. The number of anilines is 1. The lowest BCUT2D eigenvalue weighted by molar-refractivity contribution is -0.132. The quantitative estimate of drug-likeness (QED) is 0.664. The first-order chi connectivity index (χ1) is 15.0. The van der Waals surface area contributed by atoms with E-state index in [2.05, 4.69) is 10.3 Å². The van der Waals surface area contributed by atoms with Gasteiger partial charge in [0.05, 0.1) is 0 Å². The molecule has 3 N–H and O–H groups in total. The van der Waals surface area contributed by atoms with Crippen LogP contribution in [-0.2, 0) is 17.8 Å². The van der Waals surface area contributed by atoms with E-state index in [0.29, 0.717) is 30.8 Å². The maximum Gasteiger partial charge on any atom is 0.255 e. The van der Waals surface area contributed by atoms with Crippen LogP contribution in [0, 0.1) is 5.82 Å². The third-order valence-electron chi connectivity index (χ3n) is 5.47. The molecule has 0 fully saturated rings. The minimum atomic E-state index is -0.487. The van der Waals surface area contributed by atoms with Gasteiger partial charge in [-0.25, -0.2) is 4.39 Å². The van der Waals surface area contributed by atoms with Crippen molar-refractivity contribution in [2.45, 2.75) is 25.4 Å². The second-order valence-electron chi connectivity index (χ2n) is 7.60. The van der Waals surface area contributed by atoms with E-state index in [1.807, 2.05) is 0 Å². The molecule has 2 heterocycles. The lowest BCUT2D eigenvalue weighted by Crippen LogP contribution is -2.37. The van der Waals surface area contributed by atoms with E-state index in [0.717, 1.165) is 16.7 Å². The van der Waals surface area contributed by atoms with Gasteiger partial charge < -0.3 is 16.0 Å². The van der Waals surface area contributed by atoms with E-state index in [-0.39, 0.29) is 24.1 Å². The standard InChI is InChI=1S/C24H23FN4O2/c25-20-6-5-16-9-12-29(15-19(16)13-20)23(30)14-22(26)17-1-3-18(4-2-17)24(31)28-21-7-10-27-11-8-21/h1-8,10-11,13,22H,9,12,14-15,26H2,(H,27,28,31)/t22-/m1/s1. The Balaban J connectivity index is 1.36. The molecular weight excluding hydrogens is 395 g/mol. The van der Waals surface area contributed by atoms with Crippen molar-refractivity contribution in [2.75, 3.05) is 11.9 Å². The van der Waals surface area contributed by atoms with Gasteiger partial charge in [-0.1, -0.05) is 18.2 Å². The topological polar surface area (TPSA) is 88.3 Å². The highest BCUT2D eigenvalue weighted by Gasteiger charge is 2.23. The molecule has 1 aliphatic rings. The fourth-order valence-electron chi connectivity index (χ4n) is 3.69. The summed E-state index contributed by atoms with van der Waals surface area (Å²) in [6.07, 6.45) is 4.06. The summed E-state index contributed by atoms with van der Waals surface area (Å²) in [6.45, 7) is 0.991. The maximum atomic E-state index is 13.5. The normalized spacial score (nSPS) is 13.9. The van der Waals surface area contributed by atoms with Crippen LogP contribution in [-0.4, -0.2) is 28.2 Å². The Kier molecular flexibility index (Phi) is 6.04. The summed E-state index contributed by atoms with van der Waals surface area (Å²) in [5, 5.41) is 2.80. The van der Waals surface area contributed by atoms with Crippen LogP contribution in [0.5, 0.6) is 0 Å². The SMILES string of the molecule is N[C@H](CC(=O)N1CCc2ccc(F)cc2C1)c1ccc(C(=O)Nc2ccncc2)cc1. The molecule has 1 atom stereocenters. The van der Waals surface area contributed by atoms with Crippen molar-refractivity contribution in [2.24, 2.45) is 5.73 Å². The average Bonchev–Trinajstić information content (AvgIpc) is 2.79. The van der Waals surface area contributed by atoms with Crippen molar-refractivity contribution < 1.29 is 14.0 Å². The molecule has 158 valence electrons. The zero-order valence-corrected chi connectivity index (χ0v) is 16.9. The molecule has 0 spiro atoms. The number of rotatable bonds is 5. The number of nitrogens with two attached hydrogens (primary N) is 1. The number of hydrogen-bond acceptors (Lipinski definition) is 4. The molecule has 0 bridgehead atoms. The first kappa shape index (κ1) is 20.7. The van der Waals surface area contributed by atoms with Gasteiger partial charge in [-0.15, -0.1) is 0 Å². The fourth-order valence-corrected chi connectivity index (χ4v) is 3.69. The van der Waals surface area contributed by atoms with Gasteiger partial charge in [0.25, 0.3) is 5.91 Å². The van der Waals surface area contributed by atoms with Gasteiger partial charge in [0.1, 0.15) is 5.82 Å². The predicted octanol–water partition coefficient (Wildman–Crippen LogP) is 3.45. The van der Waals surface area contributed by atoms with Crippen LogP contribution in [0.25, 0.3) is 0 Å². The van der Waals surface area contributed by atoms with Crippen LogP contribution in [0.15, 0.2) is 67.0 Å². The molecule has 4 rings (SSSR count). The molecule has 1 aliphatic heterocycles. The Bertz CT molecular complexity index is 1090. The van der Waals surface area contributed by atoms with Gasteiger partial charge in [-0.3, -0.25) is 14.6 Å². The van der Waals surface area contributed by atoms with Crippen molar-refractivity contribution in [1.82, 2.24) is 9.88 Å². The number of hydrogen-bond donors (Lipinski definition) is 2. The highest BCUT2D eigenvalue weighted by atomic mass is 19.1. The van der Waals surface area contributed by atoms with Crippen LogP contribution in [0.3, 0.4) is 0 Å². The van der Waals surface area contributed by atoms with Gasteiger partial charge in [0, 0.05) is 49.2 Å². The molecule has 0 unspecified atom stereocenters. The minimum Gasteiger partial charge on any atom is -0.338 e. The zero-order valence-electron chi connectivity index (χ0n) is 16.9. The van der Waals surface area contributed by atoms with E-state index in [4.69, 9.17) is 5.73 Å². The Morgan fingerprint density at radius 1 is 1.06 bits per heavy atom. The smallest absolute Gasteiger partial charge is 0.255 e. The molecule has 0 saturated heterocycles. The van der Waals surface area contributed by atoms with Crippen LogP contribution in [0.1, 0.15) is 39.5 Å². The van der Waals surface area contributed by atoms with E-state index >= 15 is 0 Å². The first-order valence-corrected chi connectivity index (χ1v) is 10.1. The van der Waals surface area contributed by atoms with Crippen molar-refractivity contribution in [3.8, 4) is 0 Å². The molecule has 2 aromatic carbocycles. The summed E-state index contributed by atoms with van der Waals surface area (Å²) in [5.74, 6) is -0.596. The summed E-state index contributed by atoms with van der Waals surface area (Å²) >= 11 is 0. The number of aromatic nitrogens is 1. The predicted molar refractivity (Wildman–Crippen MR) is 116 cm³/mol. The number of benzene rings is 2. The summed E-state index contributed by atoms with van der Waals surface area (Å²) in [5.41, 5.74) is 10.1. The Labute approximate surface area is 179 Å². The molecule has 2 amide bonds. The molecule has 1 aromatic heterocycles. The van der Waals surface area contributed by atoms with Crippen molar-refractivity contribution in [1.29, 1.82) is 0 Å². The van der Waals surface area contributed by atoms with Gasteiger partial charge >= 0.3 is 0 Å². The highest BCUT2D eigenvalue weighted by Crippen LogP contribution is 2.23. The Morgan fingerprint density at radius 2 is 1.81 bits per heavy atom. The molecule has 0 saturated carbocycles. The number of nitrogens with one attached hydrogen (secondary N) is 1. The van der Waals surface area contributed by atoms with Crippen molar-refractivity contribution in [3.63, 3.8) is 0 Å².